The summed E-state index contributed by atoms with van der Waals surface area (Å²) in [6.07, 6.45) is 14.9. The number of likely N-dealkylation sites (N-methyl/N-ethyl adjacent to an activating group) is 2. The minimum Gasteiger partial charge on any atom is -0.501 e. The van der Waals surface area contributed by atoms with Gasteiger partial charge in [0.05, 0.1) is 26.7 Å². The van der Waals surface area contributed by atoms with Crippen LogP contribution in [0.2, 0.25) is 0 Å². The number of methoxy groups -OCH3 is 1. The van der Waals surface area contributed by atoms with Gasteiger partial charge in [-0.25, -0.2) is 0 Å². The summed E-state index contributed by atoms with van der Waals surface area (Å²) in [5, 5.41) is 13.3. The van der Waals surface area contributed by atoms with Crippen LogP contribution in [0.4, 0.5) is 0 Å². The third-order valence-corrected chi connectivity index (χ3v) is 5.86. The van der Waals surface area contributed by atoms with Crippen molar-refractivity contribution in [2.45, 2.75) is 59.4 Å². The predicted molar refractivity (Wildman–Crippen MR) is 139 cm³/mol. The fraction of sp³-hybridized carbons (Fsp3) is 0.704. The normalized spacial score (nSPS) is 16.5. The van der Waals surface area contributed by atoms with E-state index in [-0.39, 0.29) is 12.8 Å². The molecule has 6 heteroatoms. The van der Waals surface area contributed by atoms with E-state index < -0.39 is 0 Å². The molecule has 0 amide bonds. The summed E-state index contributed by atoms with van der Waals surface area (Å²) >= 11 is 0. The van der Waals surface area contributed by atoms with Gasteiger partial charge in [0, 0.05) is 37.8 Å². The van der Waals surface area contributed by atoms with Crippen LogP contribution in [0.25, 0.3) is 0 Å². The van der Waals surface area contributed by atoms with Crippen LogP contribution in [0, 0.1) is 5.92 Å². The van der Waals surface area contributed by atoms with Gasteiger partial charge in [0.1, 0.15) is 5.76 Å². The monoisotopic (exact) mass is 463 g/mol. The second-order valence-corrected chi connectivity index (χ2v) is 9.10. The van der Waals surface area contributed by atoms with Crippen molar-refractivity contribution in [3.05, 3.63) is 47.5 Å². The molecule has 33 heavy (non-hydrogen) atoms. The average Bonchev–Trinajstić information content (AvgIpc) is 2.99. The van der Waals surface area contributed by atoms with Gasteiger partial charge < -0.3 is 24.8 Å². The molecule has 2 atom stereocenters. The average molecular weight is 464 g/mol. The third-order valence-electron chi connectivity index (χ3n) is 5.86. The highest BCUT2D eigenvalue weighted by Gasteiger charge is 2.17. The van der Waals surface area contributed by atoms with E-state index in [9.17, 15) is 5.11 Å². The Hall–Kier alpha value is -1.60. The lowest BCUT2D eigenvalue weighted by Gasteiger charge is -2.30. The highest BCUT2D eigenvalue weighted by Crippen LogP contribution is 2.20. The Morgan fingerprint density at radius 1 is 1.18 bits per heavy atom. The Morgan fingerprint density at radius 3 is 2.64 bits per heavy atom. The maximum Gasteiger partial charge on any atom is 0.123 e. The van der Waals surface area contributed by atoms with Crippen LogP contribution >= 0.6 is 0 Å². The zero-order valence-corrected chi connectivity index (χ0v) is 22.0. The second-order valence-electron chi connectivity index (χ2n) is 9.10. The molecule has 6 nitrogen and oxygen atoms in total. The van der Waals surface area contributed by atoms with Crippen molar-refractivity contribution in [2.75, 3.05) is 60.2 Å². The Kier molecular flexibility index (Phi) is 15.9. The highest BCUT2D eigenvalue weighted by atomic mass is 16.5. The second kappa shape index (κ2) is 17.8. The van der Waals surface area contributed by atoms with Gasteiger partial charge in [-0.1, -0.05) is 45.8 Å². The molecule has 190 valence electrons. The number of hydrogen-bond acceptors (Lipinski definition) is 6. The van der Waals surface area contributed by atoms with E-state index in [4.69, 9.17) is 9.47 Å². The number of aliphatic hydroxyl groups excluding tert-OH is 1. The van der Waals surface area contributed by atoms with Gasteiger partial charge in [-0.2, -0.15) is 0 Å². The van der Waals surface area contributed by atoms with Crippen molar-refractivity contribution in [3.8, 4) is 0 Å². The van der Waals surface area contributed by atoms with E-state index in [0.29, 0.717) is 5.92 Å². The lowest BCUT2D eigenvalue weighted by Crippen LogP contribution is -2.39. The first-order chi connectivity index (χ1) is 15.9. The number of allylic oxidation sites excluding steroid dienone is 2. The molecule has 1 aliphatic rings. The van der Waals surface area contributed by atoms with Crippen molar-refractivity contribution < 1.29 is 14.6 Å². The number of nitrogens with one attached hydrogen (secondary N) is 1. The van der Waals surface area contributed by atoms with Crippen LogP contribution in [0.5, 0.6) is 0 Å². The Labute approximate surface area is 203 Å². The topological polar surface area (TPSA) is 57.2 Å². The van der Waals surface area contributed by atoms with E-state index in [2.05, 4.69) is 68.1 Å². The molecular weight excluding hydrogens is 414 g/mol. The van der Waals surface area contributed by atoms with E-state index in [0.717, 1.165) is 57.9 Å². The number of unbranched alkanes of at least 4 members (excludes halogenated alkanes) is 2. The lowest BCUT2D eigenvalue weighted by molar-refractivity contribution is 0.0705. The maximum atomic E-state index is 9.89. The van der Waals surface area contributed by atoms with E-state index in [1.807, 2.05) is 6.08 Å². The maximum absolute atomic E-state index is 9.89. The fourth-order valence-corrected chi connectivity index (χ4v) is 3.99. The number of aliphatic hydroxyl groups is 1. The number of ether oxygens (including phenoxy) is 2. The Bertz CT molecular complexity index is 643. The number of rotatable bonds is 18. The molecular formula is C27H49N3O3. The molecule has 0 spiro atoms. The zero-order chi connectivity index (χ0) is 24.5. The van der Waals surface area contributed by atoms with Gasteiger partial charge >= 0.3 is 0 Å². The summed E-state index contributed by atoms with van der Waals surface area (Å²) in [7, 11) is 3.90. The minimum absolute atomic E-state index is 0.0390. The molecule has 0 heterocycles. The SMILES string of the molecule is CCCCCO/C=C/[C@H](C)N(CO)CC(C)CN(C)CC1=CCC=C(CNCC)C=C1OC. The number of nitrogens with zero attached hydrogens (tertiary/aromatic N) is 2. The molecule has 0 saturated carbocycles. The highest BCUT2D eigenvalue weighted by molar-refractivity contribution is 5.38. The summed E-state index contributed by atoms with van der Waals surface area (Å²) in [6, 6.07) is 0.128. The van der Waals surface area contributed by atoms with Crippen LogP contribution in [0.3, 0.4) is 0 Å². The largest absolute Gasteiger partial charge is 0.501 e. The third kappa shape index (κ3) is 12.4. The van der Waals surface area contributed by atoms with Gasteiger partial charge in [0.25, 0.3) is 0 Å². The van der Waals surface area contributed by atoms with Crippen molar-refractivity contribution in [2.24, 2.45) is 5.92 Å². The molecule has 0 aromatic heterocycles. The molecule has 0 fully saturated rings. The lowest BCUT2D eigenvalue weighted by atomic mass is 10.1. The van der Waals surface area contributed by atoms with Gasteiger partial charge in [0.2, 0.25) is 0 Å². The predicted octanol–water partition coefficient (Wildman–Crippen LogP) is 4.31. The van der Waals surface area contributed by atoms with Crippen molar-refractivity contribution in [1.82, 2.24) is 15.1 Å². The van der Waals surface area contributed by atoms with Crippen LogP contribution in [-0.4, -0.2) is 81.2 Å². The molecule has 1 unspecified atom stereocenters. The smallest absolute Gasteiger partial charge is 0.123 e. The molecule has 0 radical (unpaired) electrons. The molecule has 0 aliphatic heterocycles. The van der Waals surface area contributed by atoms with Crippen LogP contribution in [0.1, 0.15) is 53.4 Å². The Morgan fingerprint density at radius 2 is 1.97 bits per heavy atom. The Balaban J connectivity index is 2.53. The fourth-order valence-electron chi connectivity index (χ4n) is 3.99. The molecule has 0 aromatic carbocycles. The van der Waals surface area contributed by atoms with Crippen LogP contribution in [0.15, 0.2) is 47.5 Å². The summed E-state index contributed by atoms with van der Waals surface area (Å²) in [5.41, 5.74) is 2.50. The number of hydrogen-bond donors (Lipinski definition) is 2. The summed E-state index contributed by atoms with van der Waals surface area (Å²) in [4.78, 5) is 4.41. The first-order valence-electron chi connectivity index (χ1n) is 12.6. The first kappa shape index (κ1) is 29.4. The van der Waals surface area contributed by atoms with Gasteiger partial charge in [-0.3, -0.25) is 4.90 Å². The van der Waals surface area contributed by atoms with Crippen LogP contribution in [-0.2, 0) is 9.47 Å². The van der Waals surface area contributed by atoms with Gasteiger partial charge in [-0.05, 0) is 57.0 Å². The molecule has 1 aliphatic carbocycles. The van der Waals surface area contributed by atoms with Gasteiger partial charge in [0.15, 0.2) is 0 Å². The van der Waals surface area contributed by atoms with Gasteiger partial charge in [-0.15, -0.1) is 0 Å². The van der Waals surface area contributed by atoms with Crippen molar-refractivity contribution >= 4 is 0 Å². The summed E-state index contributed by atoms with van der Waals surface area (Å²) in [5.74, 6) is 1.36. The van der Waals surface area contributed by atoms with E-state index >= 15 is 0 Å². The zero-order valence-electron chi connectivity index (χ0n) is 22.0. The van der Waals surface area contributed by atoms with E-state index in [1.165, 1.54) is 24.0 Å². The molecule has 0 aromatic rings. The van der Waals surface area contributed by atoms with Crippen molar-refractivity contribution in [3.63, 3.8) is 0 Å². The molecule has 0 bridgehead atoms. The summed E-state index contributed by atoms with van der Waals surface area (Å²) < 4.78 is 11.3. The first-order valence-corrected chi connectivity index (χ1v) is 12.6. The molecule has 0 saturated heterocycles. The van der Waals surface area contributed by atoms with Crippen LogP contribution < -0.4 is 5.32 Å². The van der Waals surface area contributed by atoms with Crippen molar-refractivity contribution in [1.29, 1.82) is 0 Å². The quantitative estimate of drug-likeness (QED) is 0.179. The van der Waals surface area contributed by atoms with E-state index in [1.54, 1.807) is 13.4 Å². The summed E-state index contributed by atoms with van der Waals surface area (Å²) in [6.45, 7) is 13.9. The molecule has 2 N–H and O–H groups in total. The molecule has 1 rings (SSSR count). The minimum atomic E-state index is 0.0390. The standard InChI is InChI=1S/C27H49N3O3/c1-7-9-10-15-33-16-14-24(4)30(22-31)20-23(3)19-29(5)21-26-13-11-12-25(18-28-8-2)17-27(26)32-6/h12-14,16-17,23-24,28,31H,7-11,15,18-22H2,1-6H3/b16-14+/t23?,24-/m0/s1.